The molecule has 0 fully saturated rings. The fraction of sp³-hybridized carbons (Fsp3) is 0.0800. The number of benzene rings is 7. The van der Waals surface area contributed by atoms with E-state index in [-0.39, 0.29) is 0 Å². The number of aromatic nitrogens is 5. The Labute approximate surface area is 324 Å². The van der Waals surface area contributed by atoms with Crippen molar-refractivity contribution in [2.75, 3.05) is 0 Å². The lowest BCUT2D eigenvalue weighted by molar-refractivity contribution is 1.06. The van der Waals surface area contributed by atoms with E-state index in [2.05, 4.69) is 122 Å². The van der Waals surface area contributed by atoms with Crippen LogP contribution in [0.4, 0.5) is 0 Å². The van der Waals surface area contributed by atoms with Gasteiger partial charge in [-0.05, 0) is 88.4 Å². The minimum absolute atomic E-state index is 0.514. The largest absolute Gasteiger partial charge is 0.308 e. The average molecular weight is 721 g/mol. The molecule has 3 aromatic heterocycles. The van der Waals surface area contributed by atoms with E-state index in [1.54, 1.807) is 0 Å². The van der Waals surface area contributed by atoms with E-state index in [9.17, 15) is 5.26 Å². The molecular formula is C50H36N6. The molecule has 7 aromatic carbocycles. The van der Waals surface area contributed by atoms with E-state index in [0.717, 1.165) is 71.7 Å². The van der Waals surface area contributed by atoms with Gasteiger partial charge in [-0.1, -0.05) is 107 Å². The Morgan fingerprint density at radius 3 is 1.18 bits per heavy atom. The van der Waals surface area contributed by atoms with E-state index in [0.29, 0.717) is 23.0 Å². The molecular weight excluding hydrogens is 685 g/mol. The van der Waals surface area contributed by atoms with Crippen LogP contribution in [0.15, 0.2) is 146 Å². The highest BCUT2D eigenvalue weighted by atomic mass is 15.1. The molecule has 0 atom stereocenters. The average Bonchev–Trinajstić information content (AvgIpc) is 3.71. The van der Waals surface area contributed by atoms with Gasteiger partial charge >= 0.3 is 0 Å². The van der Waals surface area contributed by atoms with Gasteiger partial charge in [0.05, 0.1) is 39.0 Å². The first-order valence-corrected chi connectivity index (χ1v) is 18.8. The predicted octanol–water partition coefficient (Wildman–Crippen LogP) is 12.2. The number of hydrogen-bond acceptors (Lipinski definition) is 4. The lowest BCUT2D eigenvalue weighted by atomic mass is 10.0. The predicted molar refractivity (Wildman–Crippen MR) is 228 cm³/mol. The molecule has 0 unspecified atom stereocenters. The number of nitrogens with zero attached hydrogens (tertiary/aromatic N) is 6. The second-order valence-electron chi connectivity index (χ2n) is 14.8. The summed E-state index contributed by atoms with van der Waals surface area (Å²) in [6.45, 7) is 8.50. The SMILES string of the molecule is Cc1ccc2c(c1)c1cc(C)ccc1n2-c1cc(-c2nc(-c3ccccc3)nc(-c3ccccc3)n2)c(-n2c3ccc(C)cc3c3cc(C)ccc32)cc1C#N. The summed E-state index contributed by atoms with van der Waals surface area (Å²) in [6, 6.07) is 53.1. The molecule has 56 heavy (non-hydrogen) atoms. The van der Waals surface area contributed by atoms with Crippen LogP contribution in [0.3, 0.4) is 0 Å². The van der Waals surface area contributed by atoms with E-state index in [1.165, 1.54) is 22.3 Å². The lowest BCUT2D eigenvalue weighted by Crippen LogP contribution is -2.07. The van der Waals surface area contributed by atoms with E-state index >= 15 is 0 Å². The van der Waals surface area contributed by atoms with Crippen molar-refractivity contribution in [2.24, 2.45) is 0 Å². The van der Waals surface area contributed by atoms with E-state index < -0.39 is 0 Å². The van der Waals surface area contributed by atoms with E-state index in [1.807, 2.05) is 66.7 Å². The maximum Gasteiger partial charge on any atom is 0.166 e. The van der Waals surface area contributed by atoms with Crippen molar-refractivity contribution in [1.82, 2.24) is 24.1 Å². The number of nitriles is 1. The van der Waals surface area contributed by atoms with Crippen LogP contribution >= 0.6 is 0 Å². The van der Waals surface area contributed by atoms with Crippen LogP contribution < -0.4 is 0 Å². The van der Waals surface area contributed by atoms with Crippen molar-refractivity contribution in [3.63, 3.8) is 0 Å². The van der Waals surface area contributed by atoms with Gasteiger partial charge in [-0.2, -0.15) is 5.26 Å². The van der Waals surface area contributed by atoms with Crippen molar-refractivity contribution in [2.45, 2.75) is 27.7 Å². The molecule has 0 aliphatic carbocycles. The number of fused-ring (bicyclic) bond motifs is 6. The van der Waals surface area contributed by atoms with Gasteiger partial charge in [-0.3, -0.25) is 0 Å². The maximum absolute atomic E-state index is 11.1. The fourth-order valence-electron chi connectivity index (χ4n) is 8.17. The molecule has 3 heterocycles. The molecule has 0 saturated carbocycles. The Kier molecular flexibility index (Phi) is 7.65. The summed E-state index contributed by atoms with van der Waals surface area (Å²) in [5.41, 5.74) is 13.5. The first kappa shape index (κ1) is 33.2. The van der Waals surface area contributed by atoms with Gasteiger partial charge < -0.3 is 9.13 Å². The number of rotatable bonds is 5. The van der Waals surface area contributed by atoms with Crippen LogP contribution in [0.1, 0.15) is 27.8 Å². The Morgan fingerprint density at radius 2 is 0.786 bits per heavy atom. The van der Waals surface area contributed by atoms with Crippen LogP contribution in [-0.2, 0) is 0 Å². The van der Waals surface area contributed by atoms with Gasteiger partial charge in [0.15, 0.2) is 17.5 Å². The minimum atomic E-state index is 0.514. The van der Waals surface area contributed by atoms with Gasteiger partial charge in [0.25, 0.3) is 0 Å². The standard InChI is InChI=1S/C50H36N6/c1-30-15-19-42-37(23-30)38-24-31(2)16-20-43(38)55(42)46-28-41(50-53-48(34-11-7-5-8-12-34)52-49(54-50)35-13-9-6-10-14-35)47(27-36(46)29-51)56-44-21-17-32(3)25-39(44)40-26-33(4)18-22-45(40)56/h5-28H,1-4H3. The van der Waals surface area contributed by atoms with Gasteiger partial charge in [0, 0.05) is 38.2 Å². The van der Waals surface area contributed by atoms with Crippen LogP contribution in [0.2, 0.25) is 0 Å². The number of aryl methyl sites for hydroxylation is 4. The van der Waals surface area contributed by atoms with Crippen molar-refractivity contribution in [3.8, 4) is 51.6 Å². The molecule has 0 spiro atoms. The molecule has 6 nitrogen and oxygen atoms in total. The molecule has 0 radical (unpaired) electrons. The zero-order valence-corrected chi connectivity index (χ0v) is 31.5. The highest BCUT2D eigenvalue weighted by molar-refractivity contribution is 6.11. The van der Waals surface area contributed by atoms with Crippen LogP contribution in [0.25, 0.3) is 89.2 Å². The highest BCUT2D eigenvalue weighted by Gasteiger charge is 2.24. The van der Waals surface area contributed by atoms with E-state index in [4.69, 9.17) is 15.0 Å². The Hall–Kier alpha value is -7.36. The highest BCUT2D eigenvalue weighted by Crippen LogP contribution is 2.41. The zero-order valence-electron chi connectivity index (χ0n) is 31.5. The minimum Gasteiger partial charge on any atom is -0.308 e. The smallest absolute Gasteiger partial charge is 0.166 e. The molecule has 0 bridgehead atoms. The third kappa shape index (κ3) is 5.36. The molecule has 0 amide bonds. The summed E-state index contributed by atoms with van der Waals surface area (Å²) in [6.07, 6.45) is 0. The molecule has 0 aliphatic rings. The molecule has 10 aromatic rings. The number of hydrogen-bond donors (Lipinski definition) is 0. The van der Waals surface area contributed by atoms with Gasteiger partial charge in [0.2, 0.25) is 0 Å². The second kappa shape index (κ2) is 12.9. The summed E-state index contributed by atoms with van der Waals surface area (Å²) in [4.78, 5) is 15.5. The third-order valence-corrected chi connectivity index (χ3v) is 10.8. The maximum atomic E-state index is 11.1. The quantitative estimate of drug-likeness (QED) is 0.177. The van der Waals surface area contributed by atoms with Crippen molar-refractivity contribution < 1.29 is 0 Å². The molecule has 6 heteroatoms. The van der Waals surface area contributed by atoms with Crippen LogP contribution in [0, 0.1) is 39.0 Å². The monoisotopic (exact) mass is 720 g/mol. The van der Waals surface area contributed by atoms with Crippen LogP contribution in [-0.4, -0.2) is 24.1 Å². The van der Waals surface area contributed by atoms with Crippen molar-refractivity contribution >= 4 is 43.6 Å². The van der Waals surface area contributed by atoms with Crippen molar-refractivity contribution in [1.29, 1.82) is 5.26 Å². The second-order valence-corrected chi connectivity index (χ2v) is 14.8. The van der Waals surface area contributed by atoms with Crippen molar-refractivity contribution in [3.05, 3.63) is 173 Å². The summed E-state index contributed by atoms with van der Waals surface area (Å²) in [5.74, 6) is 1.66. The third-order valence-electron chi connectivity index (χ3n) is 10.8. The molecule has 10 rings (SSSR count). The zero-order chi connectivity index (χ0) is 38.1. The lowest BCUT2D eigenvalue weighted by Gasteiger charge is -2.19. The first-order chi connectivity index (χ1) is 27.3. The molecule has 0 N–H and O–H groups in total. The normalized spacial score (nSPS) is 11.6. The Bertz CT molecular complexity index is 3060. The Balaban J connectivity index is 1.37. The summed E-state index contributed by atoms with van der Waals surface area (Å²) < 4.78 is 4.50. The molecule has 0 saturated heterocycles. The summed E-state index contributed by atoms with van der Waals surface area (Å²) >= 11 is 0. The van der Waals surface area contributed by atoms with Gasteiger partial charge in [-0.15, -0.1) is 0 Å². The van der Waals surface area contributed by atoms with Crippen LogP contribution in [0.5, 0.6) is 0 Å². The first-order valence-electron chi connectivity index (χ1n) is 18.8. The van der Waals surface area contributed by atoms with Gasteiger partial charge in [0.1, 0.15) is 6.07 Å². The summed E-state index contributed by atoms with van der Waals surface area (Å²) in [7, 11) is 0. The summed E-state index contributed by atoms with van der Waals surface area (Å²) in [5, 5.41) is 15.7. The van der Waals surface area contributed by atoms with Gasteiger partial charge in [-0.25, -0.2) is 15.0 Å². The fourth-order valence-corrected chi connectivity index (χ4v) is 8.17. The molecule has 0 aliphatic heterocycles. The Morgan fingerprint density at radius 1 is 0.411 bits per heavy atom. The molecule has 266 valence electrons. The topological polar surface area (TPSA) is 72.3 Å².